The van der Waals surface area contributed by atoms with Crippen LogP contribution in [-0.2, 0) is 28.6 Å². The lowest BCUT2D eigenvalue weighted by Gasteiger charge is -2.05. The number of hydrogen-bond donors (Lipinski definition) is 0. The van der Waals surface area contributed by atoms with E-state index in [0.29, 0.717) is 0 Å². The molecule has 0 aromatic carbocycles. The summed E-state index contributed by atoms with van der Waals surface area (Å²) in [5, 5.41) is 0. The van der Waals surface area contributed by atoms with Crippen LogP contribution in [0.4, 0.5) is 0 Å². The minimum Gasteiger partial charge on any atom is -0.466 e. The standard InChI is InChI=1S/C10H14O6/c1-4-15-9(12)6-16-8(11)5-7(2)10(13)14-3/h2,4-6H2,1,3H3. The topological polar surface area (TPSA) is 78.9 Å². The minimum absolute atomic E-state index is 0.0311. The summed E-state index contributed by atoms with van der Waals surface area (Å²) in [6.07, 6.45) is -0.313. The molecule has 0 aliphatic carbocycles. The summed E-state index contributed by atoms with van der Waals surface area (Å²) in [4.78, 5) is 32.8. The fraction of sp³-hybridized carbons (Fsp3) is 0.500. The van der Waals surface area contributed by atoms with Gasteiger partial charge in [0.05, 0.1) is 20.1 Å². The summed E-state index contributed by atoms with van der Waals surface area (Å²) >= 11 is 0. The third-order valence-corrected chi connectivity index (χ3v) is 1.49. The van der Waals surface area contributed by atoms with Crippen LogP contribution in [0.15, 0.2) is 12.2 Å². The van der Waals surface area contributed by atoms with Crippen molar-refractivity contribution in [2.75, 3.05) is 20.3 Å². The highest BCUT2D eigenvalue weighted by Crippen LogP contribution is 2.02. The lowest BCUT2D eigenvalue weighted by atomic mass is 10.2. The monoisotopic (exact) mass is 230 g/mol. The van der Waals surface area contributed by atoms with Gasteiger partial charge in [0.1, 0.15) is 0 Å². The molecule has 0 aliphatic rings. The molecule has 0 aliphatic heterocycles. The Morgan fingerprint density at radius 3 is 2.25 bits per heavy atom. The molecule has 0 saturated carbocycles. The summed E-state index contributed by atoms with van der Waals surface area (Å²) < 4.78 is 13.4. The largest absolute Gasteiger partial charge is 0.466 e. The molecular formula is C10H14O6. The number of methoxy groups -OCH3 is 1. The Kier molecular flexibility index (Phi) is 6.58. The molecule has 6 nitrogen and oxygen atoms in total. The van der Waals surface area contributed by atoms with Crippen molar-refractivity contribution in [1.29, 1.82) is 0 Å². The number of hydrogen-bond acceptors (Lipinski definition) is 6. The average Bonchev–Trinajstić information content (AvgIpc) is 2.25. The minimum atomic E-state index is -0.733. The number of carbonyl (C=O) groups is 3. The summed E-state index contributed by atoms with van der Waals surface area (Å²) in [7, 11) is 1.18. The van der Waals surface area contributed by atoms with Crippen LogP contribution < -0.4 is 0 Å². The van der Waals surface area contributed by atoms with E-state index < -0.39 is 24.5 Å². The van der Waals surface area contributed by atoms with Gasteiger partial charge in [0.15, 0.2) is 6.61 Å². The van der Waals surface area contributed by atoms with E-state index in [0.717, 1.165) is 0 Å². The van der Waals surface area contributed by atoms with E-state index in [1.165, 1.54) is 7.11 Å². The van der Waals surface area contributed by atoms with E-state index in [4.69, 9.17) is 0 Å². The van der Waals surface area contributed by atoms with Crippen LogP contribution in [0.25, 0.3) is 0 Å². The van der Waals surface area contributed by atoms with Gasteiger partial charge < -0.3 is 14.2 Å². The molecule has 0 bridgehead atoms. The van der Waals surface area contributed by atoms with Gasteiger partial charge in [-0.2, -0.15) is 0 Å². The lowest BCUT2D eigenvalue weighted by molar-refractivity contribution is -0.158. The molecule has 0 aromatic heterocycles. The summed E-state index contributed by atoms with van der Waals surface area (Å²) in [6, 6.07) is 0. The van der Waals surface area contributed by atoms with Crippen LogP contribution in [0.1, 0.15) is 13.3 Å². The van der Waals surface area contributed by atoms with Crippen molar-refractivity contribution in [2.45, 2.75) is 13.3 Å². The molecule has 0 aromatic rings. The van der Waals surface area contributed by atoms with Crippen molar-refractivity contribution < 1.29 is 28.6 Å². The summed E-state index contributed by atoms with van der Waals surface area (Å²) in [5.41, 5.74) is -0.0311. The fourth-order valence-electron chi connectivity index (χ4n) is 0.784. The molecule has 90 valence electrons. The Labute approximate surface area is 93.2 Å². The lowest BCUT2D eigenvalue weighted by Crippen LogP contribution is -2.18. The third kappa shape index (κ3) is 5.79. The van der Waals surface area contributed by atoms with Crippen LogP contribution >= 0.6 is 0 Å². The molecule has 6 heteroatoms. The van der Waals surface area contributed by atoms with Crippen LogP contribution in [-0.4, -0.2) is 38.2 Å². The smallest absolute Gasteiger partial charge is 0.344 e. The van der Waals surface area contributed by atoms with E-state index in [1.807, 2.05) is 0 Å². The van der Waals surface area contributed by atoms with Gasteiger partial charge >= 0.3 is 17.9 Å². The highest BCUT2D eigenvalue weighted by molar-refractivity contribution is 5.93. The van der Waals surface area contributed by atoms with Crippen LogP contribution in [0, 0.1) is 0 Å². The second kappa shape index (κ2) is 7.44. The zero-order valence-electron chi connectivity index (χ0n) is 9.28. The zero-order valence-corrected chi connectivity index (χ0v) is 9.28. The predicted octanol–water partition coefficient (Wildman–Crippen LogP) is 0.212. The fourth-order valence-corrected chi connectivity index (χ4v) is 0.784. The molecule has 0 N–H and O–H groups in total. The van der Waals surface area contributed by atoms with E-state index in [1.54, 1.807) is 6.92 Å². The molecule has 0 spiro atoms. The van der Waals surface area contributed by atoms with Crippen LogP contribution in [0.5, 0.6) is 0 Å². The maximum absolute atomic E-state index is 11.1. The highest BCUT2D eigenvalue weighted by Gasteiger charge is 2.14. The first-order valence-corrected chi connectivity index (χ1v) is 4.58. The zero-order chi connectivity index (χ0) is 12.6. The molecule has 16 heavy (non-hydrogen) atoms. The quantitative estimate of drug-likeness (QED) is 0.369. The maximum Gasteiger partial charge on any atom is 0.344 e. The SMILES string of the molecule is C=C(CC(=O)OCC(=O)OCC)C(=O)OC. The van der Waals surface area contributed by atoms with E-state index >= 15 is 0 Å². The molecule has 0 saturated heterocycles. The first kappa shape index (κ1) is 14.2. The third-order valence-electron chi connectivity index (χ3n) is 1.49. The first-order valence-electron chi connectivity index (χ1n) is 4.58. The Hall–Kier alpha value is -1.85. The summed E-state index contributed by atoms with van der Waals surface area (Å²) in [5.74, 6) is -2.06. The summed E-state index contributed by atoms with van der Waals surface area (Å²) in [6.45, 7) is 4.72. The van der Waals surface area contributed by atoms with Gasteiger partial charge in [-0.05, 0) is 6.92 Å². The number of ether oxygens (including phenoxy) is 3. The molecule has 0 radical (unpaired) electrons. The van der Waals surface area contributed by atoms with Crippen molar-refractivity contribution in [3.63, 3.8) is 0 Å². The second-order valence-electron chi connectivity index (χ2n) is 2.74. The Balaban J connectivity index is 3.87. The number of rotatable bonds is 6. The Morgan fingerprint density at radius 2 is 1.75 bits per heavy atom. The Morgan fingerprint density at radius 1 is 1.12 bits per heavy atom. The van der Waals surface area contributed by atoms with E-state index in [9.17, 15) is 14.4 Å². The highest BCUT2D eigenvalue weighted by atomic mass is 16.6. The van der Waals surface area contributed by atoms with Gasteiger partial charge in [-0.3, -0.25) is 4.79 Å². The molecule has 0 amide bonds. The van der Waals surface area contributed by atoms with Crippen molar-refractivity contribution in [3.8, 4) is 0 Å². The van der Waals surface area contributed by atoms with E-state index in [-0.39, 0.29) is 18.6 Å². The molecule has 0 fully saturated rings. The predicted molar refractivity (Wildman–Crippen MR) is 53.4 cm³/mol. The maximum atomic E-state index is 11.1. The second-order valence-corrected chi connectivity index (χ2v) is 2.74. The van der Waals surface area contributed by atoms with Gasteiger partial charge in [0.2, 0.25) is 0 Å². The first-order chi connectivity index (χ1) is 7.51. The number of carbonyl (C=O) groups excluding carboxylic acids is 3. The van der Waals surface area contributed by atoms with Gasteiger partial charge in [0, 0.05) is 5.57 Å². The van der Waals surface area contributed by atoms with E-state index in [2.05, 4.69) is 20.8 Å². The van der Waals surface area contributed by atoms with Crippen LogP contribution in [0.3, 0.4) is 0 Å². The Bertz CT molecular complexity index is 294. The van der Waals surface area contributed by atoms with Gasteiger partial charge in [-0.25, -0.2) is 9.59 Å². The van der Waals surface area contributed by atoms with Gasteiger partial charge in [-0.15, -0.1) is 0 Å². The van der Waals surface area contributed by atoms with Gasteiger partial charge in [0.25, 0.3) is 0 Å². The van der Waals surface area contributed by atoms with Crippen molar-refractivity contribution in [3.05, 3.63) is 12.2 Å². The molecule has 0 atom stereocenters. The van der Waals surface area contributed by atoms with Crippen molar-refractivity contribution >= 4 is 17.9 Å². The van der Waals surface area contributed by atoms with Gasteiger partial charge in [-0.1, -0.05) is 6.58 Å². The van der Waals surface area contributed by atoms with Crippen LogP contribution in [0.2, 0.25) is 0 Å². The molecular weight excluding hydrogens is 216 g/mol. The molecule has 0 unspecified atom stereocenters. The number of esters is 3. The molecule has 0 rings (SSSR count). The normalized spacial score (nSPS) is 9.12. The average molecular weight is 230 g/mol. The molecule has 0 heterocycles. The van der Waals surface area contributed by atoms with Crippen molar-refractivity contribution in [2.24, 2.45) is 0 Å². The van der Waals surface area contributed by atoms with Crippen molar-refractivity contribution in [1.82, 2.24) is 0 Å².